The van der Waals surface area contributed by atoms with E-state index in [1.54, 1.807) is 18.2 Å². The molecule has 0 bridgehead atoms. The average Bonchev–Trinajstić information content (AvgIpc) is 2.67. The molecule has 0 unspecified atom stereocenters. The lowest BCUT2D eigenvalue weighted by molar-refractivity contribution is -0.128. The minimum atomic E-state index is -0.324. The standard InChI is InChI=1S/C22H24N2O3/c1-2-3-6-16-9-11-18(12-10-16)23-20(25)13-14-24-21(26)15-17-7-4-5-8-19(17)22(24)27/h4-5,7-12H,2-3,6,13-15H2,1H3,(H,23,25). The molecular weight excluding hydrogens is 340 g/mol. The molecule has 1 N–H and O–H groups in total. The van der Waals surface area contributed by atoms with Crippen LogP contribution in [0.1, 0.15) is 47.7 Å². The van der Waals surface area contributed by atoms with Crippen molar-refractivity contribution < 1.29 is 14.4 Å². The lowest BCUT2D eigenvalue weighted by Gasteiger charge is -2.26. The van der Waals surface area contributed by atoms with Gasteiger partial charge in [0.2, 0.25) is 11.8 Å². The van der Waals surface area contributed by atoms with Crippen LogP contribution in [-0.4, -0.2) is 29.2 Å². The number of rotatable bonds is 7. The maximum atomic E-state index is 12.5. The molecule has 3 amide bonds. The minimum Gasteiger partial charge on any atom is -0.326 e. The van der Waals surface area contributed by atoms with Crippen LogP contribution in [-0.2, 0) is 22.4 Å². The third kappa shape index (κ3) is 4.61. The highest BCUT2D eigenvalue weighted by atomic mass is 16.2. The zero-order valence-corrected chi connectivity index (χ0v) is 15.5. The number of amides is 3. The molecule has 2 aromatic rings. The molecule has 2 aromatic carbocycles. The number of hydrogen-bond donors (Lipinski definition) is 1. The lowest BCUT2D eigenvalue weighted by atomic mass is 9.98. The fourth-order valence-electron chi connectivity index (χ4n) is 3.20. The molecule has 0 saturated heterocycles. The van der Waals surface area contributed by atoms with Gasteiger partial charge in [-0.15, -0.1) is 0 Å². The first-order valence-corrected chi connectivity index (χ1v) is 9.40. The van der Waals surface area contributed by atoms with E-state index in [1.807, 2.05) is 30.3 Å². The van der Waals surface area contributed by atoms with Gasteiger partial charge in [-0.25, -0.2) is 0 Å². The molecule has 140 valence electrons. The summed E-state index contributed by atoms with van der Waals surface area (Å²) in [6, 6.07) is 14.9. The van der Waals surface area contributed by atoms with Crippen molar-refractivity contribution in [2.75, 3.05) is 11.9 Å². The van der Waals surface area contributed by atoms with Crippen molar-refractivity contribution in [1.29, 1.82) is 0 Å². The smallest absolute Gasteiger partial charge is 0.260 e. The number of imide groups is 1. The van der Waals surface area contributed by atoms with E-state index in [-0.39, 0.29) is 37.1 Å². The van der Waals surface area contributed by atoms with Crippen LogP contribution < -0.4 is 5.32 Å². The SMILES string of the molecule is CCCCc1ccc(NC(=O)CCN2C(=O)Cc3ccccc3C2=O)cc1. The van der Waals surface area contributed by atoms with Gasteiger partial charge in [0.25, 0.3) is 5.91 Å². The van der Waals surface area contributed by atoms with Gasteiger partial charge in [-0.05, 0) is 42.2 Å². The number of nitrogens with one attached hydrogen (secondary N) is 1. The number of carbonyl (C=O) groups is 3. The molecule has 27 heavy (non-hydrogen) atoms. The molecule has 0 atom stereocenters. The van der Waals surface area contributed by atoms with Gasteiger partial charge in [0, 0.05) is 24.2 Å². The quantitative estimate of drug-likeness (QED) is 0.764. The highest BCUT2D eigenvalue weighted by Gasteiger charge is 2.30. The average molecular weight is 364 g/mol. The van der Waals surface area contributed by atoms with Gasteiger partial charge in [-0.1, -0.05) is 43.7 Å². The largest absolute Gasteiger partial charge is 0.326 e. The zero-order valence-electron chi connectivity index (χ0n) is 15.5. The molecule has 1 aliphatic rings. The number of aryl methyl sites for hydroxylation is 1. The van der Waals surface area contributed by atoms with Crippen LogP contribution >= 0.6 is 0 Å². The first-order chi connectivity index (χ1) is 13.1. The predicted molar refractivity (Wildman–Crippen MR) is 104 cm³/mol. The summed E-state index contributed by atoms with van der Waals surface area (Å²) in [6.07, 6.45) is 3.61. The Balaban J connectivity index is 1.55. The summed E-state index contributed by atoms with van der Waals surface area (Å²) in [5.74, 6) is -0.794. The van der Waals surface area contributed by atoms with E-state index in [2.05, 4.69) is 12.2 Å². The Morgan fingerprint density at radius 2 is 1.81 bits per heavy atom. The topological polar surface area (TPSA) is 66.5 Å². The molecule has 0 radical (unpaired) electrons. The van der Waals surface area contributed by atoms with Crippen molar-refractivity contribution in [2.45, 2.75) is 39.0 Å². The molecule has 5 heteroatoms. The Kier molecular flexibility index (Phi) is 6.01. The molecule has 1 heterocycles. The summed E-state index contributed by atoms with van der Waals surface area (Å²) in [7, 11) is 0. The van der Waals surface area contributed by atoms with E-state index in [0.29, 0.717) is 5.56 Å². The van der Waals surface area contributed by atoms with Gasteiger partial charge >= 0.3 is 0 Å². The van der Waals surface area contributed by atoms with E-state index < -0.39 is 0 Å². The van der Waals surface area contributed by atoms with Crippen molar-refractivity contribution in [2.24, 2.45) is 0 Å². The highest BCUT2D eigenvalue weighted by Crippen LogP contribution is 2.20. The van der Waals surface area contributed by atoms with E-state index in [4.69, 9.17) is 0 Å². The second kappa shape index (κ2) is 8.62. The second-order valence-electron chi connectivity index (χ2n) is 6.78. The summed E-state index contributed by atoms with van der Waals surface area (Å²) < 4.78 is 0. The van der Waals surface area contributed by atoms with Gasteiger partial charge in [0.05, 0.1) is 6.42 Å². The molecule has 0 spiro atoms. The fourth-order valence-corrected chi connectivity index (χ4v) is 3.20. The molecule has 0 aromatic heterocycles. The highest BCUT2D eigenvalue weighted by molar-refractivity contribution is 6.10. The van der Waals surface area contributed by atoms with Crippen molar-refractivity contribution in [3.05, 3.63) is 65.2 Å². The molecule has 0 fully saturated rings. The molecule has 5 nitrogen and oxygen atoms in total. The first-order valence-electron chi connectivity index (χ1n) is 9.40. The van der Waals surface area contributed by atoms with Crippen LogP contribution in [0, 0.1) is 0 Å². The molecular formula is C22H24N2O3. The first kappa shape index (κ1) is 18.8. The molecule has 0 aliphatic carbocycles. The van der Waals surface area contributed by atoms with Crippen LogP contribution in [0.5, 0.6) is 0 Å². The Bertz CT molecular complexity index is 843. The number of unbranched alkanes of at least 4 members (excludes halogenated alkanes) is 1. The van der Waals surface area contributed by atoms with Gasteiger partial charge in [-0.3, -0.25) is 19.3 Å². The third-order valence-corrected chi connectivity index (χ3v) is 4.75. The van der Waals surface area contributed by atoms with Crippen LogP contribution in [0.2, 0.25) is 0 Å². The van der Waals surface area contributed by atoms with Crippen LogP contribution in [0.4, 0.5) is 5.69 Å². The number of anilines is 1. The Morgan fingerprint density at radius 3 is 2.56 bits per heavy atom. The van der Waals surface area contributed by atoms with Crippen molar-refractivity contribution in [3.63, 3.8) is 0 Å². The zero-order chi connectivity index (χ0) is 19.2. The Labute approximate surface area is 159 Å². The Morgan fingerprint density at radius 1 is 1.07 bits per heavy atom. The summed E-state index contributed by atoms with van der Waals surface area (Å²) in [6.45, 7) is 2.25. The van der Waals surface area contributed by atoms with Gasteiger partial charge in [0.1, 0.15) is 0 Å². The van der Waals surface area contributed by atoms with Crippen molar-refractivity contribution in [3.8, 4) is 0 Å². The summed E-state index contributed by atoms with van der Waals surface area (Å²) in [4.78, 5) is 38.1. The maximum Gasteiger partial charge on any atom is 0.260 e. The summed E-state index contributed by atoms with van der Waals surface area (Å²) in [5.41, 5.74) is 3.26. The van der Waals surface area contributed by atoms with Crippen LogP contribution in [0.3, 0.4) is 0 Å². The number of carbonyl (C=O) groups excluding carboxylic acids is 3. The summed E-state index contributed by atoms with van der Waals surface area (Å²) in [5, 5.41) is 2.83. The maximum absolute atomic E-state index is 12.5. The Hall–Kier alpha value is -2.95. The normalized spacial score (nSPS) is 13.4. The van der Waals surface area contributed by atoms with Crippen molar-refractivity contribution >= 4 is 23.4 Å². The van der Waals surface area contributed by atoms with E-state index in [1.165, 1.54) is 10.5 Å². The van der Waals surface area contributed by atoms with E-state index in [9.17, 15) is 14.4 Å². The lowest BCUT2D eigenvalue weighted by Crippen LogP contribution is -2.43. The van der Waals surface area contributed by atoms with Crippen molar-refractivity contribution in [1.82, 2.24) is 4.90 Å². The van der Waals surface area contributed by atoms with Gasteiger partial charge in [0.15, 0.2) is 0 Å². The molecule has 1 aliphatic heterocycles. The number of benzene rings is 2. The molecule has 3 rings (SSSR count). The van der Waals surface area contributed by atoms with Crippen LogP contribution in [0.25, 0.3) is 0 Å². The number of fused-ring (bicyclic) bond motifs is 1. The minimum absolute atomic E-state index is 0.0806. The monoisotopic (exact) mass is 364 g/mol. The van der Waals surface area contributed by atoms with E-state index >= 15 is 0 Å². The number of nitrogens with zero attached hydrogens (tertiary/aromatic N) is 1. The van der Waals surface area contributed by atoms with Gasteiger partial charge < -0.3 is 5.32 Å². The number of hydrogen-bond acceptors (Lipinski definition) is 3. The second-order valence-corrected chi connectivity index (χ2v) is 6.78. The van der Waals surface area contributed by atoms with E-state index in [0.717, 1.165) is 30.5 Å². The van der Waals surface area contributed by atoms with Gasteiger partial charge in [-0.2, -0.15) is 0 Å². The fraction of sp³-hybridized carbons (Fsp3) is 0.318. The predicted octanol–water partition coefficient (Wildman–Crippen LogP) is 3.58. The molecule has 0 saturated carbocycles. The third-order valence-electron chi connectivity index (χ3n) is 4.75. The summed E-state index contributed by atoms with van der Waals surface area (Å²) >= 11 is 0. The van der Waals surface area contributed by atoms with Crippen LogP contribution in [0.15, 0.2) is 48.5 Å².